The van der Waals surface area contributed by atoms with Crippen LogP contribution in [0.5, 0.6) is 0 Å². The fraction of sp³-hybridized carbons (Fsp3) is 0.500. The average molecular weight is 271 g/mol. The molecule has 1 amide bonds. The largest absolute Gasteiger partial charge is 0.475 e. The van der Waals surface area contributed by atoms with E-state index in [0.717, 1.165) is 12.8 Å². The van der Waals surface area contributed by atoms with Gasteiger partial charge in [-0.05, 0) is 18.6 Å². The zero-order chi connectivity index (χ0) is 13.4. The Morgan fingerprint density at radius 2 is 2.22 bits per heavy atom. The molecular weight excluding hydrogens is 254 g/mol. The second-order valence-corrected chi connectivity index (χ2v) is 4.75. The molecule has 0 atom stereocenters. The van der Waals surface area contributed by atoms with Crippen molar-refractivity contribution in [3.63, 3.8) is 0 Å². The van der Waals surface area contributed by atoms with Crippen molar-refractivity contribution in [2.45, 2.75) is 25.5 Å². The lowest BCUT2D eigenvalue weighted by Crippen LogP contribution is -2.26. The van der Waals surface area contributed by atoms with Crippen molar-refractivity contribution >= 4 is 23.6 Å². The molecule has 1 aromatic rings. The Hall–Kier alpha value is -1.43. The van der Waals surface area contributed by atoms with E-state index in [1.54, 1.807) is 6.07 Å². The summed E-state index contributed by atoms with van der Waals surface area (Å²) in [6.45, 7) is 2.78. The number of unbranched alkanes of at least 4 members (excludes halogenated alkanes) is 1. The number of carboxylic acid groups (broad SMARTS) is 1. The van der Waals surface area contributed by atoms with Gasteiger partial charge in [0.05, 0.1) is 11.5 Å². The highest BCUT2D eigenvalue weighted by atomic mass is 32.2. The molecule has 0 saturated carbocycles. The Morgan fingerprint density at radius 1 is 1.44 bits per heavy atom. The van der Waals surface area contributed by atoms with E-state index < -0.39 is 5.97 Å². The number of carboxylic acids is 1. The van der Waals surface area contributed by atoms with Crippen LogP contribution in [0.4, 0.5) is 0 Å². The van der Waals surface area contributed by atoms with Crippen molar-refractivity contribution in [2.75, 3.05) is 12.3 Å². The molecule has 0 aromatic carbocycles. The first kappa shape index (κ1) is 14.6. The van der Waals surface area contributed by atoms with Gasteiger partial charge in [0.15, 0.2) is 0 Å². The van der Waals surface area contributed by atoms with E-state index in [2.05, 4.69) is 12.2 Å². The minimum atomic E-state index is -1.08. The molecule has 5 nitrogen and oxygen atoms in total. The predicted molar refractivity (Wildman–Crippen MR) is 69.7 cm³/mol. The van der Waals surface area contributed by atoms with Crippen LogP contribution in [0.2, 0.25) is 0 Å². The number of nitrogens with one attached hydrogen (secondary N) is 1. The second kappa shape index (κ2) is 7.81. The number of aromatic carboxylic acids is 1. The Labute approximate surface area is 110 Å². The topological polar surface area (TPSA) is 79.5 Å². The van der Waals surface area contributed by atoms with Gasteiger partial charge in [0, 0.05) is 6.54 Å². The van der Waals surface area contributed by atoms with Crippen LogP contribution in [0.3, 0.4) is 0 Å². The zero-order valence-electron chi connectivity index (χ0n) is 10.3. The van der Waals surface area contributed by atoms with Gasteiger partial charge in [-0.25, -0.2) is 4.79 Å². The number of hydrogen-bond donors (Lipinski definition) is 2. The van der Waals surface area contributed by atoms with Crippen molar-refractivity contribution < 1.29 is 19.1 Å². The molecule has 0 spiro atoms. The van der Waals surface area contributed by atoms with E-state index in [4.69, 9.17) is 9.52 Å². The van der Waals surface area contributed by atoms with E-state index in [1.807, 2.05) is 0 Å². The van der Waals surface area contributed by atoms with Crippen LogP contribution in [0.15, 0.2) is 16.5 Å². The molecule has 0 unspecified atom stereocenters. The highest BCUT2D eigenvalue weighted by Gasteiger charge is 2.09. The molecule has 1 heterocycles. The van der Waals surface area contributed by atoms with Gasteiger partial charge in [-0.15, -0.1) is 11.8 Å². The third-order valence-electron chi connectivity index (χ3n) is 2.20. The number of furan rings is 1. The van der Waals surface area contributed by atoms with Crippen LogP contribution >= 0.6 is 11.8 Å². The number of thioether (sulfide) groups is 1. The molecule has 0 saturated heterocycles. The fourth-order valence-electron chi connectivity index (χ4n) is 1.27. The summed E-state index contributed by atoms with van der Waals surface area (Å²) in [6.07, 6.45) is 2.04. The Kier molecular flexibility index (Phi) is 6.35. The third-order valence-corrected chi connectivity index (χ3v) is 3.16. The van der Waals surface area contributed by atoms with Crippen LogP contribution in [0, 0.1) is 0 Å². The minimum absolute atomic E-state index is 0.00142. The standard InChI is InChI=1S/C12H17NO4S/c1-2-3-6-13-11(14)8-18-7-9-4-5-10(17-9)12(15)16/h4-5H,2-3,6-8H2,1H3,(H,13,14)(H,15,16). The first-order valence-electron chi connectivity index (χ1n) is 5.80. The number of carbonyl (C=O) groups excluding carboxylic acids is 1. The van der Waals surface area contributed by atoms with Crippen molar-refractivity contribution in [2.24, 2.45) is 0 Å². The van der Waals surface area contributed by atoms with Crippen molar-refractivity contribution in [1.29, 1.82) is 0 Å². The molecule has 2 N–H and O–H groups in total. The molecule has 0 aliphatic carbocycles. The maximum absolute atomic E-state index is 11.4. The van der Waals surface area contributed by atoms with Gasteiger partial charge < -0.3 is 14.8 Å². The SMILES string of the molecule is CCCCNC(=O)CSCc1ccc(C(=O)O)o1. The van der Waals surface area contributed by atoms with E-state index in [1.165, 1.54) is 17.8 Å². The molecule has 0 fully saturated rings. The molecule has 0 aliphatic rings. The summed E-state index contributed by atoms with van der Waals surface area (Å²) >= 11 is 1.40. The Balaban J connectivity index is 2.20. The van der Waals surface area contributed by atoms with Crippen LogP contribution in [-0.2, 0) is 10.5 Å². The maximum Gasteiger partial charge on any atom is 0.371 e. The zero-order valence-corrected chi connectivity index (χ0v) is 11.1. The van der Waals surface area contributed by atoms with Crippen LogP contribution in [-0.4, -0.2) is 29.3 Å². The quantitative estimate of drug-likeness (QED) is 0.708. The molecule has 0 radical (unpaired) electrons. The summed E-state index contributed by atoms with van der Waals surface area (Å²) in [5, 5.41) is 11.5. The molecule has 6 heteroatoms. The average Bonchev–Trinajstić information content (AvgIpc) is 2.78. The van der Waals surface area contributed by atoms with Gasteiger partial charge >= 0.3 is 5.97 Å². The fourth-order valence-corrected chi connectivity index (χ4v) is 2.02. The lowest BCUT2D eigenvalue weighted by atomic mass is 10.3. The monoisotopic (exact) mass is 271 g/mol. The van der Waals surface area contributed by atoms with Gasteiger partial charge in [-0.3, -0.25) is 4.79 Å². The van der Waals surface area contributed by atoms with E-state index in [-0.39, 0.29) is 11.7 Å². The summed E-state index contributed by atoms with van der Waals surface area (Å²) in [6, 6.07) is 3.03. The number of rotatable bonds is 8. The summed E-state index contributed by atoms with van der Waals surface area (Å²) in [4.78, 5) is 21.9. The molecular formula is C12H17NO4S. The summed E-state index contributed by atoms with van der Waals surface area (Å²) in [5.41, 5.74) is 0. The third kappa shape index (κ3) is 5.27. The van der Waals surface area contributed by atoms with Crippen molar-refractivity contribution in [3.8, 4) is 0 Å². The Bertz CT molecular complexity index is 403. The van der Waals surface area contributed by atoms with E-state index in [0.29, 0.717) is 23.8 Å². The summed E-state index contributed by atoms with van der Waals surface area (Å²) < 4.78 is 5.07. The molecule has 1 aromatic heterocycles. The van der Waals surface area contributed by atoms with Gasteiger partial charge in [-0.2, -0.15) is 0 Å². The minimum Gasteiger partial charge on any atom is -0.475 e. The lowest BCUT2D eigenvalue weighted by Gasteiger charge is -2.03. The Morgan fingerprint density at radius 3 is 2.83 bits per heavy atom. The smallest absolute Gasteiger partial charge is 0.371 e. The van der Waals surface area contributed by atoms with Crippen LogP contribution in [0.25, 0.3) is 0 Å². The van der Waals surface area contributed by atoms with Crippen molar-refractivity contribution in [3.05, 3.63) is 23.7 Å². The van der Waals surface area contributed by atoms with Crippen LogP contribution < -0.4 is 5.32 Å². The molecule has 1 rings (SSSR count). The molecule has 100 valence electrons. The van der Waals surface area contributed by atoms with Crippen molar-refractivity contribution in [1.82, 2.24) is 5.32 Å². The normalized spacial score (nSPS) is 10.3. The van der Waals surface area contributed by atoms with Gasteiger partial charge in [0.25, 0.3) is 0 Å². The van der Waals surface area contributed by atoms with Gasteiger partial charge in [-0.1, -0.05) is 13.3 Å². The van der Waals surface area contributed by atoms with E-state index >= 15 is 0 Å². The number of amides is 1. The first-order chi connectivity index (χ1) is 8.63. The second-order valence-electron chi connectivity index (χ2n) is 3.77. The molecule has 0 aliphatic heterocycles. The van der Waals surface area contributed by atoms with Crippen LogP contribution in [0.1, 0.15) is 36.1 Å². The lowest BCUT2D eigenvalue weighted by molar-refractivity contribution is -0.118. The van der Waals surface area contributed by atoms with Gasteiger partial charge in [0.2, 0.25) is 11.7 Å². The summed E-state index contributed by atoms with van der Waals surface area (Å²) in [5.74, 6) is 0.264. The maximum atomic E-state index is 11.4. The number of hydrogen-bond acceptors (Lipinski definition) is 4. The predicted octanol–water partition coefficient (Wildman–Crippen LogP) is 2.13. The molecule has 0 bridgehead atoms. The van der Waals surface area contributed by atoms with E-state index in [9.17, 15) is 9.59 Å². The summed E-state index contributed by atoms with van der Waals surface area (Å²) in [7, 11) is 0. The highest BCUT2D eigenvalue weighted by molar-refractivity contribution is 7.99. The highest BCUT2D eigenvalue weighted by Crippen LogP contribution is 2.15. The van der Waals surface area contributed by atoms with Gasteiger partial charge in [0.1, 0.15) is 5.76 Å². The molecule has 18 heavy (non-hydrogen) atoms. The first-order valence-corrected chi connectivity index (χ1v) is 6.95. The number of carbonyl (C=O) groups is 2.